The van der Waals surface area contributed by atoms with Crippen molar-refractivity contribution in [3.63, 3.8) is 0 Å². The lowest BCUT2D eigenvalue weighted by atomic mass is 9.68. The fourth-order valence-corrected chi connectivity index (χ4v) is 1.86. The number of rotatable bonds is 5. The topological polar surface area (TPSA) is 26.3 Å². The largest absolute Gasteiger partial charge is 0.376 e. The standard InChI is InChI=1S/C12H22O2/c1-5-6-9(2)8-14-11-7-10(13)12(11,3)4/h9,11H,5-8H2,1-4H3. The zero-order chi connectivity index (χ0) is 10.8. The summed E-state index contributed by atoms with van der Waals surface area (Å²) >= 11 is 0. The van der Waals surface area contributed by atoms with Crippen LogP contribution in [0.1, 0.15) is 47.0 Å². The minimum absolute atomic E-state index is 0.161. The molecule has 0 aliphatic heterocycles. The van der Waals surface area contributed by atoms with E-state index in [1.807, 2.05) is 13.8 Å². The predicted octanol–water partition coefficient (Wildman–Crippen LogP) is 2.81. The smallest absolute Gasteiger partial charge is 0.143 e. The van der Waals surface area contributed by atoms with Gasteiger partial charge in [0.05, 0.1) is 11.5 Å². The second-order valence-electron chi connectivity index (χ2n) is 5.06. The van der Waals surface area contributed by atoms with Crippen LogP contribution in [0.25, 0.3) is 0 Å². The van der Waals surface area contributed by atoms with Gasteiger partial charge >= 0.3 is 0 Å². The van der Waals surface area contributed by atoms with Crippen LogP contribution >= 0.6 is 0 Å². The van der Waals surface area contributed by atoms with Crippen LogP contribution in [-0.4, -0.2) is 18.5 Å². The summed E-state index contributed by atoms with van der Waals surface area (Å²) in [6, 6.07) is 0. The Kier molecular flexibility index (Phi) is 3.71. The maximum absolute atomic E-state index is 11.3. The molecule has 0 aromatic carbocycles. The highest BCUT2D eigenvalue weighted by molar-refractivity contribution is 5.91. The summed E-state index contributed by atoms with van der Waals surface area (Å²) in [4.78, 5) is 11.3. The van der Waals surface area contributed by atoms with Gasteiger partial charge in [-0.3, -0.25) is 4.79 Å². The maximum atomic E-state index is 11.3. The molecule has 1 aliphatic rings. The monoisotopic (exact) mass is 198 g/mol. The van der Waals surface area contributed by atoms with E-state index in [0.717, 1.165) is 6.61 Å². The highest BCUT2D eigenvalue weighted by Gasteiger charge is 2.48. The normalized spacial score (nSPS) is 27.1. The summed E-state index contributed by atoms with van der Waals surface area (Å²) in [5, 5.41) is 0. The molecule has 0 heterocycles. The molecule has 0 spiro atoms. The molecule has 0 amide bonds. The van der Waals surface area contributed by atoms with Crippen molar-refractivity contribution in [3.05, 3.63) is 0 Å². The molecule has 2 unspecified atom stereocenters. The summed E-state index contributed by atoms with van der Waals surface area (Å²) in [5.74, 6) is 0.956. The molecular weight excluding hydrogens is 176 g/mol. The Morgan fingerprint density at radius 3 is 2.64 bits per heavy atom. The minimum Gasteiger partial charge on any atom is -0.376 e. The molecule has 1 aliphatic carbocycles. The number of hydrogen-bond acceptors (Lipinski definition) is 2. The first-order valence-corrected chi connectivity index (χ1v) is 5.63. The molecule has 14 heavy (non-hydrogen) atoms. The maximum Gasteiger partial charge on any atom is 0.143 e. The van der Waals surface area contributed by atoms with Crippen LogP contribution in [0, 0.1) is 11.3 Å². The Bertz CT molecular complexity index is 208. The van der Waals surface area contributed by atoms with Crippen molar-refractivity contribution in [2.24, 2.45) is 11.3 Å². The van der Waals surface area contributed by atoms with Crippen molar-refractivity contribution in [2.45, 2.75) is 53.1 Å². The molecule has 0 bridgehead atoms. The number of carbonyl (C=O) groups is 1. The van der Waals surface area contributed by atoms with Crippen LogP contribution < -0.4 is 0 Å². The third kappa shape index (κ3) is 2.35. The van der Waals surface area contributed by atoms with E-state index in [9.17, 15) is 4.79 Å². The lowest BCUT2D eigenvalue weighted by Gasteiger charge is -2.42. The average molecular weight is 198 g/mol. The molecule has 1 rings (SSSR count). The van der Waals surface area contributed by atoms with Crippen LogP contribution in [0.15, 0.2) is 0 Å². The quantitative estimate of drug-likeness (QED) is 0.679. The summed E-state index contributed by atoms with van der Waals surface area (Å²) in [7, 11) is 0. The van der Waals surface area contributed by atoms with Crippen molar-refractivity contribution in [1.29, 1.82) is 0 Å². The zero-order valence-corrected chi connectivity index (χ0v) is 9.80. The second-order valence-corrected chi connectivity index (χ2v) is 5.06. The van der Waals surface area contributed by atoms with E-state index in [0.29, 0.717) is 18.1 Å². The highest BCUT2D eigenvalue weighted by atomic mass is 16.5. The minimum atomic E-state index is -0.230. The molecule has 0 N–H and O–H groups in total. The van der Waals surface area contributed by atoms with Crippen molar-refractivity contribution in [1.82, 2.24) is 0 Å². The Morgan fingerprint density at radius 1 is 1.57 bits per heavy atom. The molecule has 2 nitrogen and oxygen atoms in total. The number of ether oxygens (including phenoxy) is 1. The first kappa shape index (κ1) is 11.7. The predicted molar refractivity (Wildman–Crippen MR) is 57.2 cm³/mol. The van der Waals surface area contributed by atoms with Crippen LogP contribution in [-0.2, 0) is 9.53 Å². The number of hydrogen-bond donors (Lipinski definition) is 0. The molecule has 1 fully saturated rings. The van der Waals surface area contributed by atoms with E-state index in [4.69, 9.17) is 4.74 Å². The molecule has 0 aromatic heterocycles. The van der Waals surface area contributed by atoms with Gasteiger partial charge in [-0.2, -0.15) is 0 Å². The summed E-state index contributed by atoms with van der Waals surface area (Å²) in [5.41, 5.74) is -0.230. The van der Waals surface area contributed by atoms with E-state index in [2.05, 4.69) is 13.8 Å². The molecule has 2 atom stereocenters. The van der Waals surface area contributed by atoms with Gasteiger partial charge in [0.1, 0.15) is 5.78 Å². The van der Waals surface area contributed by atoms with E-state index >= 15 is 0 Å². The summed E-state index contributed by atoms with van der Waals surface area (Å²) in [6.45, 7) is 9.15. The van der Waals surface area contributed by atoms with Crippen molar-refractivity contribution < 1.29 is 9.53 Å². The highest BCUT2D eigenvalue weighted by Crippen LogP contribution is 2.38. The Hall–Kier alpha value is -0.370. The molecule has 82 valence electrons. The van der Waals surface area contributed by atoms with Crippen molar-refractivity contribution >= 4 is 5.78 Å². The van der Waals surface area contributed by atoms with Crippen LogP contribution in [0.2, 0.25) is 0 Å². The molecule has 1 saturated carbocycles. The van der Waals surface area contributed by atoms with Crippen molar-refractivity contribution in [2.75, 3.05) is 6.61 Å². The summed E-state index contributed by atoms with van der Waals surface area (Å²) in [6.07, 6.45) is 3.19. The molecule has 2 heteroatoms. The van der Waals surface area contributed by atoms with Gasteiger partial charge in [-0.1, -0.05) is 34.1 Å². The molecule has 0 aromatic rings. The first-order valence-electron chi connectivity index (χ1n) is 5.63. The van der Waals surface area contributed by atoms with E-state index < -0.39 is 0 Å². The molecule has 0 saturated heterocycles. The van der Waals surface area contributed by atoms with Gasteiger partial charge in [0.25, 0.3) is 0 Å². The van der Waals surface area contributed by atoms with Crippen LogP contribution in [0.3, 0.4) is 0 Å². The van der Waals surface area contributed by atoms with Crippen molar-refractivity contribution in [3.8, 4) is 0 Å². The number of ketones is 1. The molecular formula is C12H22O2. The van der Waals surface area contributed by atoms with E-state index in [1.165, 1.54) is 12.8 Å². The van der Waals surface area contributed by atoms with Gasteiger partial charge in [0, 0.05) is 13.0 Å². The van der Waals surface area contributed by atoms with E-state index in [-0.39, 0.29) is 11.5 Å². The number of Topliss-reactive ketones (excluding diaryl/α,β-unsaturated/α-hetero) is 1. The van der Waals surface area contributed by atoms with Gasteiger partial charge in [-0.05, 0) is 12.3 Å². The zero-order valence-electron chi connectivity index (χ0n) is 9.80. The second kappa shape index (κ2) is 4.43. The lowest BCUT2D eigenvalue weighted by Crippen LogP contribution is -2.51. The third-order valence-corrected chi connectivity index (χ3v) is 3.26. The first-order chi connectivity index (χ1) is 6.48. The average Bonchev–Trinajstić information content (AvgIpc) is 2.12. The summed E-state index contributed by atoms with van der Waals surface area (Å²) < 4.78 is 5.76. The SMILES string of the molecule is CCCC(C)COC1CC(=O)C1(C)C. The third-order valence-electron chi connectivity index (χ3n) is 3.26. The van der Waals surface area contributed by atoms with Crippen LogP contribution in [0.4, 0.5) is 0 Å². The lowest BCUT2D eigenvalue weighted by molar-refractivity contribution is -0.159. The fraction of sp³-hybridized carbons (Fsp3) is 0.917. The number of carbonyl (C=O) groups excluding carboxylic acids is 1. The van der Waals surface area contributed by atoms with E-state index in [1.54, 1.807) is 0 Å². The van der Waals surface area contributed by atoms with Gasteiger partial charge in [-0.15, -0.1) is 0 Å². The Morgan fingerprint density at radius 2 is 2.21 bits per heavy atom. The Balaban J connectivity index is 2.24. The van der Waals surface area contributed by atoms with Gasteiger partial charge in [-0.25, -0.2) is 0 Å². The van der Waals surface area contributed by atoms with Gasteiger partial charge in [0.2, 0.25) is 0 Å². The fourth-order valence-electron chi connectivity index (χ4n) is 1.86. The van der Waals surface area contributed by atoms with Crippen LogP contribution in [0.5, 0.6) is 0 Å². The Labute approximate surface area is 87.0 Å². The van der Waals surface area contributed by atoms with Gasteiger partial charge < -0.3 is 4.74 Å². The molecule has 0 radical (unpaired) electrons. The van der Waals surface area contributed by atoms with Gasteiger partial charge in [0.15, 0.2) is 0 Å².